The van der Waals surface area contributed by atoms with Crippen LogP contribution in [0, 0.1) is 0 Å². The van der Waals surface area contributed by atoms with Gasteiger partial charge < -0.3 is 4.42 Å². The van der Waals surface area contributed by atoms with Crippen LogP contribution in [0.5, 0.6) is 0 Å². The first-order valence-corrected chi connectivity index (χ1v) is 23.0. The summed E-state index contributed by atoms with van der Waals surface area (Å²) in [6, 6.07) is 72.7. The molecule has 11 aromatic carbocycles. The van der Waals surface area contributed by atoms with E-state index in [1.54, 1.807) is 0 Å². The highest BCUT2D eigenvalue weighted by Gasteiger charge is 2.39. The van der Waals surface area contributed by atoms with Crippen LogP contribution in [0.4, 0.5) is 0 Å². The van der Waals surface area contributed by atoms with E-state index >= 15 is 0 Å². The summed E-state index contributed by atoms with van der Waals surface area (Å²) in [5.74, 6) is 0. The Hall–Kier alpha value is -7.74. The van der Waals surface area contributed by atoms with Gasteiger partial charge in [0.05, 0.1) is 0 Å². The maximum absolute atomic E-state index is 6.67. The molecule has 65 heavy (non-hydrogen) atoms. The largest absolute Gasteiger partial charge is 0.455 e. The van der Waals surface area contributed by atoms with Gasteiger partial charge in [0.1, 0.15) is 11.2 Å². The van der Waals surface area contributed by atoms with Gasteiger partial charge in [-0.15, -0.1) is 0 Å². The summed E-state index contributed by atoms with van der Waals surface area (Å²) in [6.45, 7) is 9.59. The molecular formula is C64H44O. The van der Waals surface area contributed by atoms with Crippen molar-refractivity contribution in [3.8, 4) is 55.6 Å². The quantitative estimate of drug-likeness (QED) is 0.162. The first-order chi connectivity index (χ1) is 31.8. The molecule has 0 atom stereocenters. The Morgan fingerprint density at radius 1 is 0.323 bits per heavy atom. The van der Waals surface area contributed by atoms with Crippen molar-refractivity contribution in [1.82, 2.24) is 0 Å². The number of rotatable bonds is 3. The summed E-state index contributed by atoms with van der Waals surface area (Å²) in [5, 5.41) is 12.5. The minimum absolute atomic E-state index is 0.192. The lowest BCUT2D eigenvalue weighted by Gasteiger charge is -2.24. The van der Waals surface area contributed by atoms with Crippen LogP contribution in [0.25, 0.3) is 121 Å². The van der Waals surface area contributed by atoms with Crippen LogP contribution in [-0.4, -0.2) is 0 Å². The highest BCUT2D eigenvalue weighted by atomic mass is 16.3. The van der Waals surface area contributed by atoms with E-state index in [9.17, 15) is 0 Å². The van der Waals surface area contributed by atoms with Crippen molar-refractivity contribution in [2.45, 2.75) is 38.5 Å². The van der Waals surface area contributed by atoms with E-state index in [-0.39, 0.29) is 10.8 Å². The maximum atomic E-state index is 6.67. The Labute approximate surface area is 378 Å². The van der Waals surface area contributed by atoms with Gasteiger partial charge in [-0.1, -0.05) is 191 Å². The fourth-order valence-electron chi connectivity index (χ4n) is 12.3. The lowest BCUT2D eigenvalue weighted by atomic mass is 9.79. The van der Waals surface area contributed by atoms with Crippen molar-refractivity contribution in [3.63, 3.8) is 0 Å². The van der Waals surface area contributed by atoms with E-state index < -0.39 is 0 Å². The van der Waals surface area contributed by atoms with Crippen LogP contribution in [0.3, 0.4) is 0 Å². The second-order valence-corrected chi connectivity index (χ2v) is 19.5. The standard InChI is InChI=1S/C64H44O/c1-63(2)55-35-40(39-28-33-54-53(34-39)51-31-24-38-25-32-52-45-17-11-12-23-57(45)65-62(52)59(38)61(51)64(54,3)4)26-29-43(55)44-30-27-41(36-56(44)63)58-47-18-7-9-20-49(47)60(50-21-10-8-19-48(50)58)46-22-13-15-37-14-5-6-16-42(37)46/h5-36H,1-4H3. The molecule has 2 aliphatic carbocycles. The molecule has 0 N–H and O–H groups in total. The normalized spacial score (nSPS) is 14.4. The molecule has 306 valence electrons. The smallest absolute Gasteiger partial charge is 0.143 e. The summed E-state index contributed by atoms with van der Waals surface area (Å²) >= 11 is 0. The summed E-state index contributed by atoms with van der Waals surface area (Å²) in [5.41, 5.74) is 19.9. The van der Waals surface area contributed by atoms with E-state index in [0.717, 1.165) is 11.2 Å². The van der Waals surface area contributed by atoms with Crippen LogP contribution >= 0.6 is 0 Å². The number of hydrogen-bond donors (Lipinski definition) is 0. The predicted molar refractivity (Wildman–Crippen MR) is 275 cm³/mol. The molecule has 1 heterocycles. The zero-order valence-corrected chi connectivity index (χ0v) is 36.9. The van der Waals surface area contributed by atoms with Crippen LogP contribution in [-0.2, 0) is 10.8 Å². The first kappa shape index (κ1) is 36.7. The van der Waals surface area contributed by atoms with Gasteiger partial charge in [0.25, 0.3) is 0 Å². The highest BCUT2D eigenvalue weighted by molar-refractivity contribution is 6.24. The second kappa shape index (κ2) is 12.9. The monoisotopic (exact) mass is 828 g/mol. The third-order valence-corrected chi connectivity index (χ3v) is 15.4. The third kappa shape index (κ3) is 4.93. The van der Waals surface area contributed by atoms with Crippen LogP contribution in [0.15, 0.2) is 199 Å². The number of hydrogen-bond acceptors (Lipinski definition) is 1. The minimum atomic E-state index is -0.201. The third-order valence-electron chi connectivity index (χ3n) is 15.4. The minimum Gasteiger partial charge on any atom is -0.455 e. The Balaban J connectivity index is 0.890. The van der Waals surface area contributed by atoms with Gasteiger partial charge in [-0.3, -0.25) is 0 Å². The predicted octanol–water partition coefficient (Wildman–Crippen LogP) is 17.8. The molecule has 0 unspecified atom stereocenters. The molecule has 0 bridgehead atoms. The lowest BCUT2D eigenvalue weighted by Crippen LogP contribution is -2.15. The van der Waals surface area contributed by atoms with Crippen molar-refractivity contribution in [3.05, 3.63) is 216 Å². The molecule has 0 fully saturated rings. The fraction of sp³-hybridized carbons (Fsp3) is 0.0938. The average Bonchev–Trinajstić information content (AvgIpc) is 3.92. The molecule has 0 aliphatic heterocycles. The highest BCUT2D eigenvalue weighted by Crippen LogP contribution is 2.56. The summed E-state index contributed by atoms with van der Waals surface area (Å²) in [4.78, 5) is 0. The SMILES string of the molecule is CC1(C)c2cc(-c3ccc4c(c3)-c3ccc5ccc6c7ccccc7oc6c5c3C4(C)C)ccc2-c2ccc(-c3c4ccccc4c(-c4cccc5ccccc45)c4ccccc34)cc21. The summed E-state index contributed by atoms with van der Waals surface area (Å²) in [6.07, 6.45) is 0. The molecule has 1 nitrogen and oxygen atoms in total. The number of para-hydroxylation sites is 1. The van der Waals surface area contributed by atoms with Crippen molar-refractivity contribution in [2.24, 2.45) is 0 Å². The van der Waals surface area contributed by atoms with Crippen molar-refractivity contribution in [2.75, 3.05) is 0 Å². The van der Waals surface area contributed by atoms with Gasteiger partial charge in [0.2, 0.25) is 0 Å². The van der Waals surface area contributed by atoms with Crippen molar-refractivity contribution >= 4 is 65.0 Å². The molecule has 0 radical (unpaired) electrons. The van der Waals surface area contributed by atoms with Gasteiger partial charge in [0, 0.05) is 27.0 Å². The molecule has 12 aromatic rings. The zero-order chi connectivity index (χ0) is 43.3. The molecular weight excluding hydrogens is 785 g/mol. The second-order valence-electron chi connectivity index (χ2n) is 19.5. The van der Waals surface area contributed by atoms with Gasteiger partial charge >= 0.3 is 0 Å². The molecule has 0 saturated carbocycles. The lowest BCUT2D eigenvalue weighted by molar-refractivity contribution is 0.656. The average molecular weight is 829 g/mol. The van der Waals surface area contributed by atoms with E-state index in [1.165, 1.54) is 132 Å². The molecule has 0 amide bonds. The molecule has 1 aromatic heterocycles. The zero-order valence-electron chi connectivity index (χ0n) is 36.9. The van der Waals surface area contributed by atoms with Crippen molar-refractivity contribution in [1.29, 1.82) is 0 Å². The number of benzene rings is 11. The van der Waals surface area contributed by atoms with Gasteiger partial charge in [-0.05, 0) is 146 Å². The van der Waals surface area contributed by atoms with Gasteiger partial charge in [-0.25, -0.2) is 0 Å². The summed E-state index contributed by atoms with van der Waals surface area (Å²) < 4.78 is 6.67. The fourth-order valence-corrected chi connectivity index (χ4v) is 12.3. The molecule has 0 spiro atoms. The Bertz CT molecular complexity index is 4000. The van der Waals surface area contributed by atoms with Gasteiger partial charge in [-0.2, -0.15) is 0 Å². The van der Waals surface area contributed by atoms with E-state index in [1.807, 2.05) is 0 Å². The Morgan fingerprint density at radius 3 is 1.62 bits per heavy atom. The van der Waals surface area contributed by atoms with Crippen LogP contribution < -0.4 is 0 Å². The summed E-state index contributed by atoms with van der Waals surface area (Å²) in [7, 11) is 0. The molecule has 14 rings (SSSR count). The topological polar surface area (TPSA) is 13.1 Å². The number of furan rings is 1. The van der Waals surface area contributed by atoms with Crippen LogP contribution in [0.2, 0.25) is 0 Å². The maximum Gasteiger partial charge on any atom is 0.143 e. The Morgan fingerprint density at radius 2 is 0.877 bits per heavy atom. The van der Waals surface area contributed by atoms with Gasteiger partial charge in [0.15, 0.2) is 0 Å². The Kier molecular flexibility index (Phi) is 7.30. The number of fused-ring (bicyclic) bond motifs is 15. The molecule has 1 heteroatoms. The van der Waals surface area contributed by atoms with Crippen molar-refractivity contribution < 1.29 is 4.42 Å². The van der Waals surface area contributed by atoms with E-state index in [2.05, 4.69) is 222 Å². The molecule has 2 aliphatic rings. The van der Waals surface area contributed by atoms with E-state index in [4.69, 9.17) is 4.42 Å². The van der Waals surface area contributed by atoms with Crippen LogP contribution in [0.1, 0.15) is 49.9 Å². The van der Waals surface area contributed by atoms with E-state index in [0.29, 0.717) is 0 Å². The first-order valence-electron chi connectivity index (χ1n) is 23.0. The molecule has 0 saturated heterocycles.